The van der Waals surface area contributed by atoms with Crippen molar-refractivity contribution in [3.63, 3.8) is 0 Å². The predicted molar refractivity (Wildman–Crippen MR) is 115 cm³/mol. The molecule has 158 valence electrons. The van der Waals surface area contributed by atoms with Gasteiger partial charge in [-0.2, -0.15) is 5.10 Å². The summed E-state index contributed by atoms with van der Waals surface area (Å²) in [6, 6.07) is 12.7. The maximum absolute atomic E-state index is 12.0. The van der Waals surface area contributed by atoms with Crippen molar-refractivity contribution < 1.29 is 19.1 Å². The maximum Gasteiger partial charge on any atom is 0.329 e. The second-order valence-corrected chi connectivity index (χ2v) is 7.19. The Morgan fingerprint density at radius 1 is 1.10 bits per heavy atom. The molecule has 2 aromatic carbocycles. The number of hydrogen-bond donors (Lipinski definition) is 1. The summed E-state index contributed by atoms with van der Waals surface area (Å²) in [4.78, 5) is 25.4. The summed E-state index contributed by atoms with van der Waals surface area (Å²) < 4.78 is 11.5. The average Bonchev–Trinajstić information content (AvgIpc) is 3.29. The van der Waals surface area contributed by atoms with E-state index in [2.05, 4.69) is 10.5 Å². The molecule has 0 unspecified atom stereocenters. The fourth-order valence-corrected chi connectivity index (χ4v) is 3.14. The van der Waals surface area contributed by atoms with E-state index in [4.69, 9.17) is 21.1 Å². The zero-order chi connectivity index (χ0) is 21.3. The van der Waals surface area contributed by atoms with Gasteiger partial charge in [-0.15, -0.1) is 0 Å². The SMILES string of the molecule is CCOc1cc(/C=N/NC(=O)C(=O)N2CCCC2)ccc1OCc1ccc(Cl)cc1. The molecule has 0 spiro atoms. The summed E-state index contributed by atoms with van der Waals surface area (Å²) >= 11 is 5.90. The van der Waals surface area contributed by atoms with E-state index in [1.807, 2.05) is 31.2 Å². The minimum atomic E-state index is -0.735. The number of hydrogen-bond acceptors (Lipinski definition) is 5. The van der Waals surface area contributed by atoms with E-state index in [-0.39, 0.29) is 0 Å². The van der Waals surface area contributed by atoms with Crippen LogP contribution in [0.2, 0.25) is 5.02 Å². The molecule has 1 saturated heterocycles. The van der Waals surface area contributed by atoms with Crippen LogP contribution in [-0.4, -0.2) is 42.6 Å². The fraction of sp³-hybridized carbons (Fsp3) is 0.318. The lowest BCUT2D eigenvalue weighted by atomic mass is 10.2. The normalized spacial score (nSPS) is 13.5. The lowest BCUT2D eigenvalue weighted by molar-refractivity contribution is -0.145. The van der Waals surface area contributed by atoms with Gasteiger partial charge < -0.3 is 14.4 Å². The summed E-state index contributed by atoms with van der Waals surface area (Å²) in [5.41, 5.74) is 3.97. The summed E-state index contributed by atoms with van der Waals surface area (Å²) in [5.74, 6) is -0.126. The van der Waals surface area contributed by atoms with Crippen molar-refractivity contribution in [1.82, 2.24) is 10.3 Å². The van der Waals surface area contributed by atoms with Gasteiger partial charge in [-0.1, -0.05) is 23.7 Å². The minimum absolute atomic E-state index is 0.374. The van der Waals surface area contributed by atoms with Crippen molar-refractivity contribution in [2.24, 2.45) is 5.10 Å². The van der Waals surface area contributed by atoms with E-state index >= 15 is 0 Å². The van der Waals surface area contributed by atoms with Crippen LogP contribution in [0.25, 0.3) is 0 Å². The largest absolute Gasteiger partial charge is 0.490 e. The Bertz CT molecular complexity index is 909. The second kappa shape index (κ2) is 10.6. The number of nitrogens with one attached hydrogen (secondary N) is 1. The molecular weight excluding hydrogens is 406 g/mol. The Hall–Kier alpha value is -3.06. The highest BCUT2D eigenvalue weighted by atomic mass is 35.5. The minimum Gasteiger partial charge on any atom is -0.490 e. The third-order valence-corrected chi connectivity index (χ3v) is 4.79. The van der Waals surface area contributed by atoms with Gasteiger partial charge in [0.05, 0.1) is 12.8 Å². The number of nitrogens with zero attached hydrogens (tertiary/aromatic N) is 2. The first-order chi connectivity index (χ1) is 14.6. The first kappa shape index (κ1) is 21.6. The number of amides is 2. The van der Waals surface area contributed by atoms with Gasteiger partial charge in [0.2, 0.25) is 0 Å². The molecule has 1 heterocycles. The third kappa shape index (κ3) is 5.97. The number of hydrazone groups is 1. The first-order valence-corrected chi connectivity index (χ1v) is 10.2. The zero-order valence-corrected chi connectivity index (χ0v) is 17.5. The number of likely N-dealkylation sites (tertiary alicyclic amines) is 1. The molecule has 0 bridgehead atoms. The summed E-state index contributed by atoms with van der Waals surface area (Å²) in [5, 5.41) is 4.56. The van der Waals surface area contributed by atoms with E-state index in [0.29, 0.717) is 48.4 Å². The van der Waals surface area contributed by atoms with Gasteiger partial charge in [-0.05, 0) is 61.2 Å². The van der Waals surface area contributed by atoms with E-state index in [1.165, 1.54) is 11.1 Å². The Kier molecular flexibility index (Phi) is 7.68. The summed E-state index contributed by atoms with van der Waals surface area (Å²) in [6.07, 6.45) is 3.31. The topological polar surface area (TPSA) is 80.2 Å². The monoisotopic (exact) mass is 429 g/mol. The van der Waals surface area contributed by atoms with Crippen LogP contribution < -0.4 is 14.9 Å². The maximum atomic E-state index is 12.0. The van der Waals surface area contributed by atoms with Crippen LogP contribution in [-0.2, 0) is 16.2 Å². The number of carbonyl (C=O) groups is 2. The van der Waals surface area contributed by atoms with Crippen molar-refractivity contribution in [2.75, 3.05) is 19.7 Å². The Morgan fingerprint density at radius 3 is 2.53 bits per heavy atom. The predicted octanol–water partition coefficient (Wildman–Crippen LogP) is 3.39. The van der Waals surface area contributed by atoms with Crippen molar-refractivity contribution in [2.45, 2.75) is 26.4 Å². The smallest absolute Gasteiger partial charge is 0.329 e. The van der Waals surface area contributed by atoms with Crippen LogP contribution >= 0.6 is 11.6 Å². The van der Waals surface area contributed by atoms with Gasteiger partial charge in [0.1, 0.15) is 6.61 Å². The van der Waals surface area contributed by atoms with E-state index in [9.17, 15) is 9.59 Å². The van der Waals surface area contributed by atoms with Gasteiger partial charge in [0, 0.05) is 18.1 Å². The highest BCUT2D eigenvalue weighted by Gasteiger charge is 2.23. The number of halogens is 1. The van der Waals surface area contributed by atoms with Crippen LogP contribution in [0.1, 0.15) is 30.9 Å². The van der Waals surface area contributed by atoms with Gasteiger partial charge in [0.15, 0.2) is 11.5 Å². The second-order valence-electron chi connectivity index (χ2n) is 6.75. The van der Waals surface area contributed by atoms with Crippen LogP contribution in [0.15, 0.2) is 47.6 Å². The lowest BCUT2D eigenvalue weighted by Crippen LogP contribution is -2.39. The molecular formula is C22H24ClN3O4. The van der Waals surface area contributed by atoms with Crippen LogP contribution in [0.4, 0.5) is 0 Å². The Labute approximate surface area is 180 Å². The molecule has 8 heteroatoms. The third-order valence-electron chi connectivity index (χ3n) is 4.54. The lowest BCUT2D eigenvalue weighted by Gasteiger charge is -2.13. The highest BCUT2D eigenvalue weighted by Crippen LogP contribution is 2.29. The quantitative estimate of drug-likeness (QED) is 0.415. The molecule has 1 aliphatic rings. The molecule has 2 aromatic rings. The van der Waals surface area contributed by atoms with Gasteiger partial charge in [-0.25, -0.2) is 5.43 Å². The molecule has 2 amide bonds. The molecule has 0 saturated carbocycles. The number of rotatable bonds is 7. The van der Waals surface area contributed by atoms with Crippen molar-refractivity contribution >= 4 is 29.6 Å². The van der Waals surface area contributed by atoms with Crippen LogP contribution in [0.3, 0.4) is 0 Å². The van der Waals surface area contributed by atoms with Crippen LogP contribution in [0.5, 0.6) is 11.5 Å². The molecule has 3 rings (SSSR count). The van der Waals surface area contributed by atoms with Gasteiger partial charge in [0.25, 0.3) is 0 Å². The highest BCUT2D eigenvalue weighted by molar-refractivity contribution is 6.35. The van der Waals surface area contributed by atoms with Crippen molar-refractivity contribution in [3.05, 3.63) is 58.6 Å². The fourth-order valence-electron chi connectivity index (χ4n) is 3.01. The molecule has 0 aromatic heterocycles. The van der Waals surface area contributed by atoms with Crippen molar-refractivity contribution in [1.29, 1.82) is 0 Å². The van der Waals surface area contributed by atoms with E-state index in [0.717, 1.165) is 18.4 Å². The number of carbonyl (C=O) groups excluding carboxylic acids is 2. The van der Waals surface area contributed by atoms with Gasteiger partial charge >= 0.3 is 11.8 Å². The Balaban J connectivity index is 1.60. The van der Waals surface area contributed by atoms with E-state index < -0.39 is 11.8 Å². The molecule has 7 nitrogen and oxygen atoms in total. The molecule has 1 aliphatic heterocycles. The summed E-state index contributed by atoms with van der Waals surface area (Å²) in [6.45, 7) is 3.96. The van der Waals surface area contributed by atoms with E-state index in [1.54, 1.807) is 18.2 Å². The molecule has 0 aliphatic carbocycles. The van der Waals surface area contributed by atoms with Crippen molar-refractivity contribution in [3.8, 4) is 11.5 Å². The Morgan fingerprint density at radius 2 is 1.83 bits per heavy atom. The molecule has 1 N–H and O–H groups in total. The molecule has 0 radical (unpaired) electrons. The standard InChI is InChI=1S/C22H24ClN3O4/c1-2-29-20-13-17(14-24-25-21(27)22(28)26-11-3-4-12-26)7-10-19(20)30-15-16-5-8-18(23)9-6-16/h5-10,13-14H,2-4,11-12,15H2,1H3,(H,25,27)/b24-14+. The first-order valence-electron chi connectivity index (χ1n) is 9.83. The molecule has 0 atom stereocenters. The van der Waals surface area contributed by atoms with Gasteiger partial charge in [-0.3, -0.25) is 9.59 Å². The zero-order valence-electron chi connectivity index (χ0n) is 16.8. The number of benzene rings is 2. The van der Waals surface area contributed by atoms with Crippen LogP contribution in [0, 0.1) is 0 Å². The summed E-state index contributed by atoms with van der Waals surface area (Å²) in [7, 11) is 0. The average molecular weight is 430 g/mol. The number of ether oxygens (including phenoxy) is 2. The molecule has 1 fully saturated rings. The molecule has 30 heavy (non-hydrogen) atoms.